The molecule has 0 atom stereocenters. The van der Waals surface area contributed by atoms with Crippen molar-refractivity contribution in [2.45, 2.75) is 53.1 Å². The van der Waals surface area contributed by atoms with E-state index in [1.165, 1.54) is 25.3 Å². The Bertz CT molecular complexity index is 1220. The highest BCUT2D eigenvalue weighted by Crippen LogP contribution is 2.36. The van der Waals surface area contributed by atoms with Crippen molar-refractivity contribution in [1.82, 2.24) is 9.97 Å². The summed E-state index contributed by atoms with van der Waals surface area (Å²) in [7, 11) is 1.36. The maximum atomic E-state index is 15.3. The van der Waals surface area contributed by atoms with Gasteiger partial charge in [0.2, 0.25) is 0 Å². The molecule has 1 N–H and O–H groups in total. The maximum Gasteiger partial charge on any atom is 0.342 e. The molecule has 0 aliphatic carbocycles. The number of aryl methyl sites for hydroxylation is 1. The molecule has 8 heteroatoms. The summed E-state index contributed by atoms with van der Waals surface area (Å²) in [5.74, 6) is -2.17. The molecule has 34 heavy (non-hydrogen) atoms. The summed E-state index contributed by atoms with van der Waals surface area (Å²) in [6.45, 7) is 11.0. The number of carbonyl (C=O) groups excluding carboxylic acids is 1. The number of aromatic nitrogens is 2. The average Bonchev–Trinajstić information content (AvgIpc) is 2.74. The third-order valence-corrected chi connectivity index (χ3v) is 5.01. The molecule has 0 radical (unpaired) electrons. The Morgan fingerprint density at radius 2 is 1.82 bits per heavy atom. The summed E-state index contributed by atoms with van der Waals surface area (Å²) in [6, 6.07) is 6.97. The zero-order valence-corrected chi connectivity index (χ0v) is 20.4. The second kappa shape index (κ2) is 9.75. The van der Waals surface area contributed by atoms with E-state index in [-0.39, 0.29) is 34.3 Å². The Labute approximate surface area is 198 Å². The Morgan fingerprint density at radius 1 is 1.12 bits per heavy atom. The lowest BCUT2D eigenvalue weighted by molar-refractivity contribution is 0.00698. The van der Waals surface area contributed by atoms with Gasteiger partial charge in [-0.1, -0.05) is 19.9 Å². The van der Waals surface area contributed by atoms with Gasteiger partial charge in [-0.2, -0.15) is 0 Å². The fourth-order valence-electron chi connectivity index (χ4n) is 3.45. The largest absolute Gasteiger partial charge is 0.496 e. The highest BCUT2D eigenvalue weighted by molar-refractivity contribution is 5.96. The first-order chi connectivity index (χ1) is 15.9. The SMILES string of the molecule is COc1cccc(F)c1-c1nc(Nc2c(C)ccnc2C(C)C)c(C(=O)OC(C)(C)C)cc1F. The van der Waals surface area contributed by atoms with Gasteiger partial charge < -0.3 is 14.8 Å². The number of rotatable bonds is 6. The molecule has 0 fully saturated rings. The maximum absolute atomic E-state index is 15.3. The first kappa shape index (κ1) is 25.1. The summed E-state index contributed by atoms with van der Waals surface area (Å²) in [5, 5.41) is 3.15. The van der Waals surface area contributed by atoms with Crippen molar-refractivity contribution in [3.05, 3.63) is 65.0 Å². The van der Waals surface area contributed by atoms with E-state index >= 15 is 4.39 Å². The number of halogens is 2. The predicted molar refractivity (Wildman–Crippen MR) is 128 cm³/mol. The van der Waals surface area contributed by atoms with E-state index in [2.05, 4.69) is 15.3 Å². The molecular formula is C26H29F2N3O3. The van der Waals surface area contributed by atoms with Crippen LogP contribution in [0.25, 0.3) is 11.3 Å². The van der Waals surface area contributed by atoms with E-state index in [9.17, 15) is 9.18 Å². The first-order valence-electron chi connectivity index (χ1n) is 10.9. The molecule has 0 bridgehead atoms. The zero-order chi connectivity index (χ0) is 25.2. The molecular weight excluding hydrogens is 440 g/mol. The number of methoxy groups -OCH3 is 1. The van der Waals surface area contributed by atoms with Crippen molar-refractivity contribution in [3.8, 4) is 17.0 Å². The van der Waals surface area contributed by atoms with Crippen molar-refractivity contribution in [2.24, 2.45) is 0 Å². The quantitative estimate of drug-likeness (QED) is 0.412. The third kappa shape index (κ3) is 5.32. The Balaban J connectivity index is 2.26. The van der Waals surface area contributed by atoms with Gasteiger partial charge in [0.15, 0.2) is 5.82 Å². The van der Waals surface area contributed by atoms with Crippen LogP contribution in [0.15, 0.2) is 36.5 Å². The molecule has 3 aromatic rings. The molecule has 0 saturated heterocycles. The Kier molecular flexibility index (Phi) is 7.19. The van der Waals surface area contributed by atoms with Crippen molar-refractivity contribution in [2.75, 3.05) is 12.4 Å². The van der Waals surface area contributed by atoms with Gasteiger partial charge in [-0.05, 0) is 63.4 Å². The molecule has 3 rings (SSSR count). The smallest absolute Gasteiger partial charge is 0.342 e. The van der Waals surface area contributed by atoms with Crippen LogP contribution in [0.4, 0.5) is 20.3 Å². The van der Waals surface area contributed by atoms with Crippen LogP contribution in [0.3, 0.4) is 0 Å². The summed E-state index contributed by atoms with van der Waals surface area (Å²) in [4.78, 5) is 21.8. The van der Waals surface area contributed by atoms with E-state index in [4.69, 9.17) is 9.47 Å². The van der Waals surface area contributed by atoms with E-state index in [0.29, 0.717) is 5.69 Å². The van der Waals surface area contributed by atoms with Crippen LogP contribution in [0, 0.1) is 18.6 Å². The number of carbonyl (C=O) groups is 1. The van der Waals surface area contributed by atoms with Crippen LogP contribution in [0.5, 0.6) is 5.75 Å². The van der Waals surface area contributed by atoms with Crippen LogP contribution in [-0.4, -0.2) is 28.6 Å². The second-order valence-corrected chi connectivity index (χ2v) is 9.20. The minimum Gasteiger partial charge on any atom is -0.496 e. The van der Waals surface area contributed by atoms with Crippen LogP contribution < -0.4 is 10.1 Å². The number of ether oxygens (including phenoxy) is 2. The summed E-state index contributed by atoms with van der Waals surface area (Å²) < 4.78 is 40.8. The fourth-order valence-corrected chi connectivity index (χ4v) is 3.45. The lowest BCUT2D eigenvalue weighted by Gasteiger charge is -2.22. The number of anilines is 2. The fraction of sp³-hybridized carbons (Fsp3) is 0.346. The van der Waals surface area contributed by atoms with Crippen LogP contribution in [-0.2, 0) is 4.74 Å². The number of nitrogens with one attached hydrogen (secondary N) is 1. The molecule has 0 unspecified atom stereocenters. The van der Waals surface area contributed by atoms with Crippen LogP contribution in [0.1, 0.15) is 62.2 Å². The summed E-state index contributed by atoms with van der Waals surface area (Å²) in [6.07, 6.45) is 1.69. The van der Waals surface area contributed by atoms with Crippen molar-refractivity contribution < 1.29 is 23.0 Å². The molecule has 0 saturated carbocycles. The highest BCUT2D eigenvalue weighted by Gasteiger charge is 2.27. The first-order valence-corrected chi connectivity index (χ1v) is 10.9. The minimum absolute atomic E-state index is 0.0222. The third-order valence-electron chi connectivity index (χ3n) is 5.01. The molecule has 0 spiro atoms. The highest BCUT2D eigenvalue weighted by atomic mass is 19.1. The molecule has 0 amide bonds. The van der Waals surface area contributed by atoms with Crippen molar-refractivity contribution in [3.63, 3.8) is 0 Å². The Hall–Kier alpha value is -3.55. The number of esters is 1. The normalized spacial score (nSPS) is 11.5. The number of benzene rings is 1. The van der Waals surface area contributed by atoms with Gasteiger partial charge in [0.05, 0.1) is 24.1 Å². The molecule has 6 nitrogen and oxygen atoms in total. The number of hydrogen-bond donors (Lipinski definition) is 1. The standard InChI is InChI=1S/C26H29F2N3O3/c1-14(2)21-22(15(3)11-12-29-21)30-24-16(25(32)34-26(4,5)6)13-18(28)23(31-24)20-17(27)9-8-10-19(20)33-7/h8-14H,1-7H3,(H,30,31). The van der Waals surface area contributed by atoms with E-state index in [1.807, 2.05) is 26.8 Å². The van der Waals surface area contributed by atoms with Gasteiger partial charge >= 0.3 is 5.97 Å². The van der Waals surface area contributed by atoms with Crippen LogP contribution >= 0.6 is 0 Å². The number of pyridine rings is 2. The van der Waals surface area contributed by atoms with Gasteiger partial charge in [0, 0.05) is 6.20 Å². The van der Waals surface area contributed by atoms with Gasteiger partial charge in [-0.25, -0.2) is 18.6 Å². The molecule has 0 aliphatic heterocycles. The summed E-state index contributed by atoms with van der Waals surface area (Å²) in [5.41, 5.74) is 0.852. The monoisotopic (exact) mass is 469 g/mol. The second-order valence-electron chi connectivity index (χ2n) is 9.20. The lowest BCUT2D eigenvalue weighted by atomic mass is 10.0. The van der Waals surface area contributed by atoms with Gasteiger partial charge in [-0.15, -0.1) is 0 Å². The predicted octanol–water partition coefficient (Wildman–Crippen LogP) is 6.56. The van der Waals surface area contributed by atoms with Crippen molar-refractivity contribution >= 4 is 17.5 Å². The summed E-state index contributed by atoms with van der Waals surface area (Å²) >= 11 is 0. The van der Waals surface area contributed by atoms with E-state index in [1.54, 1.807) is 27.0 Å². The average molecular weight is 470 g/mol. The Morgan fingerprint density at radius 3 is 2.44 bits per heavy atom. The number of nitrogens with zero attached hydrogens (tertiary/aromatic N) is 2. The minimum atomic E-state index is -0.887. The lowest BCUT2D eigenvalue weighted by Crippen LogP contribution is -2.25. The topological polar surface area (TPSA) is 73.3 Å². The number of hydrogen-bond acceptors (Lipinski definition) is 6. The van der Waals surface area contributed by atoms with Crippen molar-refractivity contribution in [1.29, 1.82) is 0 Å². The van der Waals surface area contributed by atoms with E-state index < -0.39 is 23.2 Å². The molecule has 180 valence electrons. The van der Waals surface area contributed by atoms with Crippen LogP contribution in [0.2, 0.25) is 0 Å². The van der Waals surface area contributed by atoms with Gasteiger partial charge in [0.1, 0.15) is 34.2 Å². The van der Waals surface area contributed by atoms with Gasteiger partial charge in [0.25, 0.3) is 0 Å². The molecule has 2 aromatic heterocycles. The molecule has 0 aliphatic rings. The molecule has 2 heterocycles. The van der Waals surface area contributed by atoms with Gasteiger partial charge in [-0.3, -0.25) is 4.98 Å². The molecule has 1 aromatic carbocycles. The van der Waals surface area contributed by atoms with E-state index in [0.717, 1.165) is 17.3 Å². The zero-order valence-electron chi connectivity index (χ0n) is 20.4.